The van der Waals surface area contributed by atoms with Gasteiger partial charge in [0.25, 0.3) is 0 Å². The molecule has 0 radical (unpaired) electrons. The van der Waals surface area contributed by atoms with Crippen LogP contribution < -0.4 is 0 Å². The Labute approximate surface area is 93.4 Å². The Hall–Kier alpha value is -2.16. The summed E-state index contributed by atoms with van der Waals surface area (Å²) in [6.07, 6.45) is 7.48. The molecule has 0 bridgehead atoms. The summed E-state index contributed by atoms with van der Waals surface area (Å²) in [5.74, 6) is 0. The smallest absolute Gasteiger partial charge is 0.155 e. The second-order valence-corrected chi connectivity index (χ2v) is 3.83. The highest BCUT2D eigenvalue weighted by molar-refractivity contribution is 5.59. The second-order valence-electron chi connectivity index (χ2n) is 3.83. The molecule has 0 unspecified atom stereocenters. The van der Waals surface area contributed by atoms with Gasteiger partial charge in [0.1, 0.15) is 0 Å². The minimum Gasteiger partial charge on any atom is -0.304 e. The van der Waals surface area contributed by atoms with E-state index in [4.69, 9.17) is 0 Å². The normalized spacial score (nSPS) is 10.8. The van der Waals surface area contributed by atoms with Crippen LogP contribution >= 0.6 is 0 Å². The predicted octanol–water partition coefficient (Wildman–Crippen LogP) is 2.70. The van der Waals surface area contributed by atoms with E-state index in [1.807, 2.05) is 16.8 Å². The Balaban J connectivity index is 2.14. The van der Waals surface area contributed by atoms with E-state index in [0.717, 1.165) is 16.9 Å². The van der Waals surface area contributed by atoms with Crippen molar-refractivity contribution < 1.29 is 0 Å². The molecule has 0 aliphatic heterocycles. The maximum atomic E-state index is 4.40. The van der Waals surface area contributed by atoms with Crippen molar-refractivity contribution in [1.29, 1.82) is 0 Å². The summed E-state index contributed by atoms with van der Waals surface area (Å²) in [7, 11) is 0. The van der Waals surface area contributed by atoms with Crippen molar-refractivity contribution >= 4 is 5.65 Å². The second kappa shape index (κ2) is 3.45. The van der Waals surface area contributed by atoms with Crippen LogP contribution in [0.4, 0.5) is 0 Å². The van der Waals surface area contributed by atoms with Crippen LogP contribution in [0.25, 0.3) is 16.9 Å². The summed E-state index contributed by atoms with van der Waals surface area (Å²) < 4.78 is 1.97. The number of benzene rings is 1. The van der Waals surface area contributed by atoms with E-state index in [-0.39, 0.29) is 0 Å². The molecular weight excluding hydrogens is 198 g/mol. The third-order valence-corrected chi connectivity index (χ3v) is 2.63. The highest BCUT2D eigenvalue weighted by Gasteiger charge is 2.00. The van der Waals surface area contributed by atoms with Gasteiger partial charge >= 0.3 is 0 Å². The highest BCUT2D eigenvalue weighted by Crippen LogP contribution is 2.17. The first kappa shape index (κ1) is 9.09. The number of aryl methyl sites for hydroxylation is 1. The Morgan fingerprint density at radius 2 is 1.88 bits per heavy atom. The van der Waals surface area contributed by atoms with E-state index in [2.05, 4.69) is 41.2 Å². The maximum absolute atomic E-state index is 4.40. The topological polar surface area (TPSA) is 30.2 Å². The molecule has 0 aliphatic rings. The monoisotopic (exact) mass is 209 g/mol. The van der Waals surface area contributed by atoms with Crippen molar-refractivity contribution in [1.82, 2.24) is 14.4 Å². The van der Waals surface area contributed by atoms with Gasteiger partial charge in [-0.2, -0.15) is 0 Å². The third kappa shape index (κ3) is 1.46. The van der Waals surface area contributed by atoms with Gasteiger partial charge in [-0.15, -0.1) is 0 Å². The highest BCUT2D eigenvalue weighted by atomic mass is 15.0. The van der Waals surface area contributed by atoms with Gasteiger partial charge in [0, 0.05) is 24.2 Å². The Morgan fingerprint density at radius 3 is 2.69 bits per heavy atom. The van der Waals surface area contributed by atoms with Crippen LogP contribution in [0, 0.1) is 6.92 Å². The molecule has 3 heteroatoms. The molecule has 3 nitrogen and oxygen atoms in total. The number of hydrogen-bond acceptors (Lipinski definition) is 2. The minimum atomic E-state index is 0.871. The summed E-state index contributed by atoms with van der Waals surface area (Å²) in [6.45, 7) is 2.08. The van der Waals surface area contributed by atoms with Gasteiger partial charge in [-0.1, -0.05) is 29.8 Å². The third-order valence-electron chi connectivity index (χ3n) is 2.63. The van der Waals surface area contributed by atoms with Gasteiger partial charge in [-0.25, -0.2) is 4.98 Å². The molecule has 3 rings (SSSR count). The van der Waals surface area contributed by atoms with Crippen molar-refractivity contribution in [2.24, 2.45) is 0 Å². The molecule has 0 N–H and O–H groups in total. The summed E-state index contributed by atoms with van der Waals surface area (Å²) in [5, 5.41) is 0. The van der Waals surface area contributed by atoms with E-state index in [1.165, 1.54) is 5.56 Å². The van der Waals surface area contributed by atoms with Crippen LogP contribution in [0.15, 0.2) is 49.1 Å². The Morgan fingerprint density at radius 1 is 1.06 bits per heavy atom. The lowest BCUT2D eigenvalue weighted by Gasteiger charge is -2.02. The number of hydrogen-bond donors (Lipinski definition) is 0. The van der Waals surface area contributed by atoms with E-state index < -0.39 is 0 Å². The van der Waals surface area contributed by atoms with Crippen molar-refractivity contribution in [3.8, 4) is 11.3 Å². The SMILES string of the molecule is Cc1ccc(-c2cn3ccnc3cn2)cc1. The van der Waals surface area contributed by atoms with Crippen molar-refractivity contribution in [3.05, 3.63) is 54.6 Å². The Kier molecular flexibility index (Phi) is 1.96. The summed E-state index contributed by atoms with van der Waals surface area (Å²) in [6, 6.07) is 8.35. The van der Waals surface area contributed by atoms with E-state index >= 15 is 0 Å². The van der Waals surface area contributed by atoms with Crippen LogP contribution in [0.3, 0.4) is 0 Å². The molecule has 0 aliphatic carbocycles. The summed E-state index contributed by atoms with van der Waals surface area (Å²) in [4.78, 5) is 8.56. The van der Waals surface area contributed by atoms with Gasteiger partial charge in [0.05, 0.1) is 11.9 Å². The molecule has 16 heavy (non-hydrogen) atoms. The largest absolute Gasteiger partial charge is 0.304 e. The maximum Gasteiger partial charge on any atom is 0.155 e. The first-order chi connectivity index (χ1) is 7.83. The molecule has 3 aromatic rings. The lowest BCUT2D eigenvalue weighted by molar-refractivity contribution is 1.13. The van der Waals surface area contributed by atoms with Gasteiger partial charge in [0.15, 0.2) is 5.65 Å². The van der Waals surface area contributed by atoms with Crippen molar-refractivity contribution in [3.63, 3.8) is 0 Å². The Bertz CT molecular complexity index is 623. The zero-order chi connectivity index (χ0) is 11.0. The fourth-order valence-corrected chi connectivity index (χ4v) is 1.70. The molecule has 1 aromatic carbocycles. The van der Waals surface area contributed by atoms with Gasteiger partial charge in [-0.05, 0) is 6.92 Å². The van der Waals surface area contributed by atoms with Crippen molar-refractivity contribution in [2.75, 3.05) is 0 Å². The molecule has 2 aromatic heterocycles. The molecule has 0 saturated heterocycles. The summed E-state index contributed by atoms with van der Waals surface area (Å²) >= 11 is 0. The lowest BCUT2D eigenvalue weighted by atomic mass is 10.1. The quantitative estimate of drug-likeness (QED) is 0.616. The van der Waals surface area contributed by atoms with Gasteiger partial charge in [0.2, 0.25) is 0 Å². The first-order valence-corrected chi connectivity index (χ1v) is 5.19. The number of rotatable bonds is 1. The first-order valence-electron chi connectivity index (χ1n) is 5.19. The lowest BCUT2D eigenvalue weighted by Crippen LogP contribution is -1.89. The predicted molar refractivity (Wildman–Crippen MR) is 63.2 cm³/mol. The molecular formula is C13H11N3. The average Bonchev–Trinajstić information content (AvgIpc) is 2.77. The molecule has 0 amide bonds. The molecule has 78 valence electrons. The van der Waals surface area contributed by atoms with E-state index in [0.29, 0.717) is 0 Å². The molecule has 0 saturated carbocycles. The average molecular weight is 209 g/mol. The van der Waals surface area contributed by atoms with Gasteiger partial charge in [-0.3, -0.25) is 4.98 Å². The van der Waals surface area contributed by atoms with Gasteiger partial charge < -0.3 is 4.40 Å². The zero-order valence-corrected chi connectivity index (χ0v) is 8.96. The molecule has 0 fully saturated rings. The van der Waals surface area contributed by atoms with E-state index in [9.17, 15) is 0 Å². The van der Waals surface area contributed by atoms with Crippen LogP contribution in [0.5, 0.6) is 0 Å². The van der Waals surface area contributed by atoms with Crippen LogP contribution in [-0.4, -0.2) is 14.4 Å². The van der Waals surface area contributed by atoms with Crippen molar-refractivity contribution in [2.45, 2.75) is 6.92 Å². The van der Waals surface area contributed by atoms with Crippen LogP contribution in [0.2, 0.25) is 0 Å². The number of fused-ring (bicyclic) bond motifs is 1. The molecule has 0 atom stereocenters. The zero-order valence-electron chi connectivity index (χ0n) is 8.96. The fraction of sp³-hybridized carbons (Fsp3) is 0.0769. The van der Waals surface area contributed by atoms with Crippen LogP contribution in [-0.2, 0) is 0 Å². The fourth-order valence-electron chi connectivity index (χ4n) is 1.70. The number of nitrogens with zero attached hydrogens (tertiary/aromatic N) is 3. The molecule has 2 heterocycles. The number of aromatic nitrogens is 3. The standard InChI is InChI=1S/C13H11N3/c1-10-2-4-11(5-3-10)12-9-16-7-6-14-13(16)8-15-12/h2-9H,1H3. The van der Waals surface area contributed by atoms with Crippen LogP contribution in [0.1, 0.15) is 5.56 Å². The number of imidazole rings is 1. The molecule has 0 spiro atoms. The van der Waals surface area contributed by atoms with E-state index in [1.54, 1.807) is 12.4 Å². The minimum absolute atomic E-state index is 0.871. The summed E-state index contributed by atoms with van der Waals surface area (Å²) in [5.41, 5.74) is 4.22.